The molecule has 0 spiro atoms. The molecule has 2 heteroatoms. The van der Waals surface area contributed by atoms with Gasteiger partial charge < -0.3 is 10.6 Å². The van der Waals surface area contributed by atoms with Crippen LogP contribution in [0.1, 0.15) is 50.3 Å². The molecule has 1 unspecified atom stereocenters. The van der Waals surface area contributed by atoms with Crippen LogP contribution in [0.5, 0.6) is 0 Å². The van der Waals surface area contributed by atoms with Crippen molar-refractivity contribution in [1.82, 2.24) is 5.32 Å². The largest absolute Gasteiger partial charge is 0.391 e. The van der Waals surface area contributed by atoms with E-state index in [-0.39, 0.29) is 11.3 Å². The molecule has 192 valence electrons. The second-order valence-corrected chi connectivity index (χ2v) is 10.8. The predicted molar refractivity (Wildman–Crippen MR) is 165 cm³/mol. The molecule has 2 nitrogen and oxygen atoms in total. The fourth-order valence-electron chi connectivity index (χ4n) is 5.63. The van der Waals surface area contributed by atoms with Gasteiger partial charge >= 0.3 is 0 Å². The van der Waals surface area contributed by atoms with E-state index in [4.69, 9.17) is 0 Å². The number of fused-ring (bicyclic) bond motifs is 2. The van der Waals surface area contributed by atoms with Gasteiger partial charge in [-0.3, -0.25) is 0 Å². The van der Waals surface area contributed by atoms with Gasteiger partial charge in [0, 0.05) is 35.5 Å². The van der Waals surface area contributed by atoms with Crippen LogP contribution in [-0.4, -0.2) is 7.05 Å². The van der Waals surface area contributed by atoms with Crippen molar-refractivity contribution < 1.29 is 0 Å². The van der Waals surface area contributed by atoms with Crippen LogP contribution in [-0.2, 0) is 5.41 Å². The lowest BCUT2D eigenvalue weighted by molar-refractivity contribution is 0.638. The fraction of sp³-hybridized carbons (Fsp3) is 0.222. The third-order valence-corrected chi connectivity index (χ3v) is 8.09. The molecule has 1 heterocycles. The number of nitrogens with one attached hydrogen (secondary N) is 2. The van der Waals surface area contributed by atoms with Gasteiger partial charge in [-0.2, -0.15) is 0 Å². The maximum atomic E-state index is 4.24. The molecule has 0 aromatic heterocycles. The molecular weight excluding hydrogens is 460 g/mol. The molecule has 38 heavy (non-hydrogen) atoms. The third kappa shape index (κ3) is 5.04. The minimum Gasteiger partial charge on any atom is -0.391 e. The van der Waals surface area contributed by atoms with Crippen molar-refractivity contribution in [2.45, 2.75) is 39.0 Å². The number of hydrogen-bond acceptors (Lipinski definition) is 2. The van der Waals surface area contributed by atoms with Gasteiger partial charge in [0.15, 0.2) is 0 Å². The van der Waals surface area contributed by atoms with Gasteiger partial charge in [0.2, 0.25) is 0 Å². The zero-order chi connectivity index (χ0) is 26.7. The van der Waals surface area contributed by atoms with E-state index < -0.39 is 0 Å². The SMILES string of the molecule is C=C1CC=CC=C/C1=C/C=C(/NC)C(C)C1=CC=CC(c2ccc3c(c2)C(C)(C)c2ccccc2N3)=CC1. The fourth-order valence-corrected chi connectivity index (χ4v) is 5.63. The number of rotatable bonds is 5. The molecule has 3 aliphatic rings. The van der Waals surface area contributed by atoms with E-state index in [1.807, 2.05) is 7.05 Å². The number of benzene rings is 2. The van der Waals surface area contributed by atoms with Crippen LogP contribution in [0.25, 0.3) is 5.57 Å². The van der Waals surface area contributed by atoms with Crippen molar-refractivity contribution in [2.75, 3.05) is 12.4 Å². The van der Waals surface area contributed by atoms with Crippen LogP contribution in [0.3, 0.4) is 0 Å². The van der Waals surface area contributed by atoms with Crippen LogP contribution < -0.4 is 10.6 Å². The molecule has 2 aliphatic carbocycles. The first kappa shape index (κ1) is 25.6. The third-order valence-electron chi connectivity index (χ3n) is 8.09. The number of anilines is 2. The van der Waals surface area contributed by atoms with Crippen LogP contribution >= 0.6 is 0 Å². The van der Waals surface area contributed by atoms with Crippen LogP contribution in [0.2, 0.25) is 0 Å². The minimum absolute atomic E-state index is 0.0605. The molecule has 2 N–H and O–H groups in total. The molecule has 0 amide bonds. The molecule has 1 aliphatic heterocycles. The summed E-state index contributed by atoms with van der Waals surface area (Å²) in [5, 5.41) is 7.08. The highest BCUT2D eigenvalue weighted by Gasteiger charge is 2.32. The van der Waals surface area contributed by atoms with E-state index in [1.165, 1.54) is 50.5 Å². The first-order valence-electron chi connectivity index (χ1n) is 13.6. The summed E-state index contributed by atoms with van der Waals surface area (Å²) in [6.45, 7) is 11.2. The second-order valence-electron chi connectivity index (χ2n) is 10.8. The highest BCUT2D eigenvalue weighted by Crippen LogP contribution is 2.46. The average molecular weight is 499 g/mol. The minimum atomic E-state index is -0.0605. The molecule has 0 fully saturated rings. The summed E-state index contributed by atoms with van der Waals surface area (Å²) in [7, 11) is 2.01. The van der Waals surface area contributed by atoms with E-state index in [1.54, 1.807) is 0 Å². The molecule has 2 aromatic rings. The van der Waals surface area contributed by atoms with Gasteiger partial charge in [0.05, 0.1) is 0 Å². The smallest absolute Gasteiger partial charge is 0.0426 e. The van der Waals surface area contributed by atoms with Crippen molar-refractivity contribution >= 4 is 16.9 Å². The number of para-hydroxylation sites is 1. The van der Waals surface area contributed by atoms with Gasteiger partial charge in [-0.05, 0) is 70.5 Å². The zero-order valence-electron chi connectivity index (χ0n) is 23.0. The molecule has 5 rings (SSSR count). The highest BCUT2D eigenvalue weighted by molar-refractivity contribution is 5.81. The molecule has 0 radical (unpaired) electrons. The molecule has 0 saturated carbocycles. The Balaban J connectivity index is 1.37. The zero-order valence-corrected chi connectivity index (χ0v) is 23.0. The van der Waals surface area contributed by atoms with E-state index in [9.17, 15) is 0 Å². The summed E-state index contributed by atoms with van der Waals surface area (Å²) >= 11 is 0. The van der Waals surface area contributed by atoms with E-state index in [0.29, 0.717) is 0 Å². The Morgan fingerprint density at radius 3 is 2.66 bits per heavy atom. The topological polar surface area (TPSA) is 24.1 Å². The normalized spacial score (nSPS) is 19.9. The Hall–Kier alpha value is -4.04. The lowest BCUT2D eigenvalue weighted by Crippen LogP contribution is -2.26. The molecule has 1 atom stereocenters. The first-order chi connectivity index (χ1) is 18.4. The van der Waals surface area contributed by atoms with Crippen LogP contribution in [0.4, 0.5) is 11.4 Å². The summed E-state index contributed by atoms with van der Waals surface area (Å²) in [5.41, 5.74) is 12.5. The van der Waals surface area contributed by atoms with Gasteiger partial charge in [-0.25, -0.2) is 0 Å². The maximum absolute atomic E-state index is 4.24. The molecule has 0 bridgehead atoms. The van der Waals surface area contributed by atoms with E-state index in [0.717, 1.165) is 18.4 Å². The average Bonchev–Trinajstić information content (AvgIpc) is 3.29. The Kier molecular flexibility index (Phi) is 7.24. The Morgan fingerprint density at radius 2 is 1.82 bits per heavy atom. The molecule has 2 aromatic carbocycles. The van der Waals surface area contributed by atoms with E-state index >= 15 is 0 Å². The predicted octanol–water partition coefficient (Wildman–Crippen LogP) is 9.08. The maximum Gasteiger partial charge on any atom is 0.0426 e. The monoisotopic (exact) mass is 498 g/mol. The number of hydrogen-bond donors (Lipinski definition) is 2. The molecule has 0 saturated heterocycles. The van der Waals surface area contributed by atoms with Gasteiger partial charge in [-0.15, -0.1) is 0 Å². The van der Waals surface area contributed by atoms with Crippen molar-refractivity contribution in [3.05, 3.63) is 149 Å². The standard InChI is InChI=1S/C36H38N2/c1-25-12-7-6-8-13-27(25)20-22-33(37-5)26(2)28-14-11-15-29(19-18-28)30-21-23-35-32(24-30)36(3,4)31-16-9-10-17-34(31)38-35/h6-11,13-17,19-24,26,37-38H,1,12,18H2,2-5H3/b27-20-,33-22+. The number of allylic oxidation sites excluding steroid dienone is 14. The van der Waals surface area contributed by atoms with Crippen LogP contribution in [0, 0.1) is 5.92 Å². The van der Waals surface area contributed by atoms with Crippen molar-refractivity contribution in [1.29, 1.82) is 0 Å². The van der Waals surface area contributed by atoms with Crippen molar-refractivity contribution in [2.24, 2.45) is 5.92 Å². The Morgan fingerprint density at radius 1 is 1.00 bits per heavy atom. The summed E-state index contributed by atoms with van der Waals surface area (Å²) in [5.74, 6) is 0.279. The van der Waals surface area contributed by atoms with E-state index in [2.05, 4.69) is 141 Å². The second kappa shape index (κ2) is 10.8. The Bertz CT molecular complexity index is 1470. The quantitative estimate of drug-likeness (QED) is 0.429. The van der Waals surface area contributed by atoms with Gasteiger partial charge in [-0.1, -0.05) is 112 Å². The van der Waals surface area contributed by atoms with Gasteiger partial charge in [0.1, 0.15) is 0 Å². The molecular formula is C36H38N2. The van der Waals surface area contributed by atoms with Crippen LogP contribution in [0.15, 0.2) is 132 Å². The Labute approximate surface area is 228 Å². The lowest BCUT2D eigenvalue weighted by Gasteiger charge is -2.36. The summed E-state index contributed by atoms with van der Waals surface area (Å²) in [4.78, 5) is 0. The first-order valence-corrected chi connectivity index (χ1v) is 13.6. The lowest BCUT2D eigenvalue weighted by atomic mass is 9.73. The van der Waals surface area contributed by atoms with Crippen molar-refractivity contribution in [3.8, 4) is 0 Å². The summed E-state index contributed by atoms with van der Waals surface area (Å²) in [6, 6.07) is 15.5. The highest BCUT2D eigenvalue weighted by atomic mass is 14.9. The summed E-state index contributed by atoms with van der Waals surface area (Å²) in [6.07, 6.45) is 23.8. The van der Waals surface area contributed by atoms with Gasteiger partial charge in [0.25, 0.3) is 0 Å². The summed E-state index contributed by atoms with van der Waals surface area (Å²) < 4.78 is 0. The van der Waals surface area contributed by atoms with Crippen molar-refractivity contribution in [3.63, 3.8) is 0 Å².